The van der Waals surface area contributed by atoms with Gasteiger partial charge in [-0.2, -0.15) is 9.48 Å². The first-order valence-electron chi connectivity index (χ1n) is 5.06. The van der Waals surface area contributed by atoms with Gasteiger partial charge in [-0.3, -0.25) is 0 Å². The van der Waals surface area contributed by atoms with Gasteiger partial charge < -0.3 is 5.73 Å². The van der Waals surface area contributed by atoms with Gasteiger partial charge in [0.15, 0.2) is 0 Å². The highest BCUT2D eigenvalue weighted by atomic mass is 15.4. The molecule has 1 heterocycles. The maximum Gasteiger partial charge on any atom is 0.524 e. The molecule has 1 atom stereocenters. The van der Waals surface area contributed by atoms with Crippen LogP contribution in [0.5, 0.6) is 0 Å². The van der Waals surface area contributed by atoms with Crippen LogP contribution in [0.4, 0.5) is 11.4 Å². The third-order valence-electron chi connectivity index (χ3n) is 2.39. The van der Waals surface area contributed by atoms with Crippen LogP contribution < -0.4 is 10.6 Å². The number of hydrogen-bond donors (Lipinski definition) is 2. The number of rotatable bonds is 1. The van der Waals surface area contributed by atoms with Crippen molar-refractivity contribution in [2.45, 2.75) is 0 Å². The Morgan fingerprint density at radius 1 is 1.19 bits per heavy atom. The van der Waals surface area contributed by atoms with E-state index in [1.807, 2.05) is 55.3 Å². The molecule has 5 nitrogen and oxygen atoms in total. The van der Waals surface area contributed by atoms with E-state index in [9.17, 15) is 0 Å². The van der Waals surface area contributed by atoms with Gasteiger partial charge in [0.05, 0.1) is 14.1 Å². The van der Waals surface area contributed by atoms with Crippen LogP contribution in [-0.2, 0) is 0 Å². The number of benzene rings is 1. The highest BCUT2D eigenvalue weighted by Gasteiger charge is 2.26. The van der Waals surface area contributed by atoms with Crippen molar-refractivity contribution in [1.82, 2.24) is 0 Å². The van der Waals surface area contributed by atoms with E-state index >= 15 is 0 Å². The average molecular weight is 217 g/mol. The maximum atomic E-state index is 5.59. The summed E-state index contributed by atoms with van der Waals surface area (Å²) in [5, 5.41) is 8.37. The molecule has 82 valence electrons. The third-order valence-corrected chi connectivity index (χ3v) is 2.39. The van der Waals surface area contributed by atoms with Crippen LogP contribution in [0.15, 0.2) is 46.9 Å². The normalized spacial score (nSPS) is 20.0. The minimum Gasteiger partial charge on any atom is -0.399 e. The summed E-state index contributed by atoms with van der Waals surface area (Å²) in [6, 6.07) is 7.31. The number of guanidine groups is 1. The lowest BCUT2D eigenvalue weighted by Crippen LogP contribution is -3.06. The fourth-order valence-corrected chi connectivity index (χ4v) is 1.44. The van der Waals surface area contributed by atoms with Crippen LogP contribution in [0.1, 0.15) is 0 Å². The van der Waals surface area contributed by atoms with Gasteiger partial charge in [0.1, 0.15) is 23.2 Å². The van der Waals surface area contributed by atoms with Crippen molar-refractivity contribution in [1.29, 1.82) is 0 Å². The number of hydrogen-bond acceptors (Lipinski definition) is 3. The Morgan fingerprint density at radius 3 is 2.44 bits per heavy atom. The topological polar surface area (TPSA) is 58.2 Å². The first kappa shape index (κ1) is 10.5. The maximum absolute atomic E-state index is 5.59. The van der Waals surface area contributed by atoms with Gasteiger partial charge in [-0.15, -0.1) is 0 Å². The zero-order valence-electron chi connectivity index (χ0n) is 9.38. The molecular weight excluding hydrogens is 202 g/mol. The molecule has 1 aliphatic rings. The SMILES string of the molecule is C[N+]1=C(N=Nc2ccc(N)cc2)[NH+](C)C=C1. The molecule has 0 aliphatic carbocycles. The predicted octanol–water partition coefficient (Wildman–Crippen LogP) is 0.350. The van der Waals surface area contributed by atoms with Crippen molar-refractivity contribution in [2.24, 2.45) is 10.2 Å². The van der Waals surface area contributed by atoms with Gasteiger partial charge >= 0.3 is 5.96 Å². The van der Waals surface area contributed by atoms with Gasteiger partial charge in [0, 0.05) is 5.69 Å². The van der Waals surface area contributed by atoms with Crippen molar-refractivity contribution in [3.8, 4) is 0 Å². The molecule has 1 aromatic rings. The summed E-state index contributed by atoms with van der Waals surface area (Å²) in [5.74, 6) is 0.872. The summed E-state index contributed by atoms with van der Waals surface area (Å²) in [6.45, 7) is 0. The second-order valence-electron chi connectivity index (χ2n) is 3.72. The molecule has 0 amide bonds. The number of nitrogens with zero attached hydrogens (tertiary/aromatic N) is 3. The summed E-state index contributed by atoms with van der Waals surface area (Å²) in [5.41, 5.74) is 7.12. The molecule has 0 radical (unpaired) electrons. The van der Waals surface area contributed by atoms with E-state index in [1.165, 1.54) is 0 Å². The molecule has 0 fully saturated rings. The molecule has 0 spiro atoms. The fraction of sp³-hybridized carbons (Fsp3) is 0.182. The first-order chi connectivity index (χ1) is 7.66. The summed E-state index contributed by atoms with van der Waals surface area (Å²) in [4.78, 5) is 1.11. The van der Waals surface area contributed by atoms with Crippen molar-refractivity contribution >= 4 is 17.3 Å². The van der Waals surface area contributed by atoms with Crippen LogP contribution in [0.2, 0.25) is 0 Å². The van der Waals surface area contributed by atoms with Crippen LogP contribution in [0.25, 0.3) is 0 Å². The molecule has 0 saturated carbocycles. The molecule has 1 unspecified atom stereocenters. The van der Waals surface area contributed by atoms with Crippen LogP contribution in [0.3, 0.4) is 0 Å². The molecule has 0 saturated heterocycles. The lowest BCUT2D eigenvalue weighted by Gasteiger charge is -1.93. The smallest absolute Gasteiger partial charge is 0.399 e. The van der Waals surface area contributed by atoms with Crippen molar-refractivity contribution in [3.05, 3.63) is 36.7 Å². The molecule has 1 aliphatic heterocycles. The number of nitrogens with two attached hydrogens (primary N) is 1. The Balaban J connectivity index is 2.16. The highest BCUT2D eigenvalue weighted by molar-refractivity contribution is 5.67. The molecule has 1 aromatic carbocycles. The molecule has 16 heavy (non-hydrogen) atoms. The van der Waals surface area contributed by atoms with Crippen molar-refractivity contribution in [2.75, 3.05) is 19.8 Å². The van der Waals surface area contributed by atoms with E-state index in [-0.39, 0.29) is 0 Å². The summed E-state index contributed by atoms with van der Waals surface area (Å²) < 4.78 is 1.94. The minimum atomic E-state index is 0.731. The van der Waals surface area contributed by atoms with Gasteiger partial charge in [-0.05, 0) is 29.4 Å². The summed E-state index contributed by atoms with van der Waals surface area (Å²) >= 11 is 0. The fourth-order valence-electron chi connectivity index (χ4n) is 1.44. The van der Waals surface area contributed by atoms with Gasteiger partial charge in [-0.25, -0.2) is 0 Å². The zero-order valence-corrected chi connectivity index (χ0v) is 9.38. The number of anilines is 1. The Morgan fingerprint density at radius 2 is 1.88 bits per heavy atom. The molecule has 5 heteroatoms. The third kappa shape index (κ3) is 2.14. The van der Waals surface area contributed by atoms with Crippen molar-refractivity contribution in [3.63, 3.8) is 0 Å². The summed E-state index contributed by atoms with van der Waals surface area (Å²) in [7, 11) is 3.96. The van der Waals surface area contributed by atoms with Gasteiger partial charge in [-0.1, -0.05) is 0 Å². The number of azo groups is 1. The van der Waals surface area contributed by atoms with Gasteiger partial charge in [0.2, 0.25) is 0 Å². The largest absolute Gasteiger partial charge is 0.524 e. The van der Waals surface area contributed by atoms with Crippen LogP contribution in [0, 0.1) is 0 Å². The minimum absolute atomic E-state index is 0.731. The van der Waals surface area contributed by atoms with Crippen LogP contribution >= 0.6 is 0 Å². The van der Waals surface area contributed by atoms with Crippen molar-refractivity contribution < 1.29 is 9.48 Å². The first-order valence-corrected chi connectivity index (χ1v) is 5.06. The van der Waals surface area contributed by atoms with E-state index in [0.717, 1.165) is 22.2 Å². The van der Waals surface area contributed by atoms with E-state index in [4.69, 9.17) is 5.73 Å². The summed E-state index contributed by atoms with van der Waals surface area (Å²) in [6.07, 6.45) is 3.98. The quantitative estimate of drug-likeness (QED) is 0.398. The molecular formula is C11H15N5+2. The second kappa shape index (κ2) is 4.24. The second-order valence-corrected chi connectivity index (χ2v) is 3.72. The Kier molecular flexibility index (Phi) is 2.78. The Bertz CT molecular complexity index is 470. The average Bonchev–Trinajstić information content (AvgIpc) is 2.59. The monoisotopic (exact) mass is 217 g/mol. The van der Waals surface area contributed by atoms with E-state index in [1.54, 1.807) is 0 Å². The molecule has 3 N–H and O–H groups in total. The number of quaternary nitrogens is 1. The van der Waals surface area contributed by atoms with E-state index in [0.29, 0.717) is 0 Å². The number of nitrogens with one attached hydrogen (secondary N) is 1. The van der Waals surface area contributed by atoms with E-state index < -0.39 is 0 Å². The molecule has 0 aromatic heterocycles. The lowest BCUT2D eigenvalue weighted by molar-refractivity contribution is -0.735. The number of nitrogen functional groups attached to an aromatic ring is 1. The predicted molar refractivity (Wildman–Crippen MR) is 62.6 cm³/mol. The van der Waals surface area contributed by atoms with E-state index in [2.05, 4.69) is 10.2 Å². The Labute approximate surface area is 94.2 Å². The highest BCUT2D eigenvalue weighted by Crippen LogP contribution is 2.14. The molecule has 0 bridgehead atoms. The Hall–Kier alpha value is -2.01. The zero-order chi connectivity index (χ0) is 11.5. The van der Waals surface area contributed by atoms with Gasteiger partial charge in [0.25, 0.3) is 0 Å². The lowest BCUT2D eigenvalue weighted by atomic mass is 10.3. The standard InChI is InChI=1S/C11H13N5/c1-15-7-8-16(2)11(15)14-13-10-5-3-9(12)4-6-10/h3-8,12H,1-2H3/p+2. The molecule has 2 rings (SSSR count). The van der Waals surface area contributed by atoms with Crippen LogP contribution in [-0.4, -0.2) is 24.6 Å².